The highest BCUT2D eigenvalue weighted by Crippen LogP contribution is 2.23. The third-order valence-corrected chi connectivity index (χ3v) is 2.66. The quantitative estimate of drug-likeness (QED) is 0.810. The Morgan fingerprint density at radius 2 is 2.06 bits per heavy atom. The summed E-state index contributed by atoms with van der Waals surface area (Å²) in [5.41, 5.74) is 2.05. The van der Waals surface area contributed by atoms with Gasteiger partial charge in [-0.05, 0) is 31.9 Å². The van der Waals surface area contributed by atoms with Gasteiger partial charge in [0.05, 0.1) is 0 Å². The molecule has 0 aliphatic carbocycles. The summed E-state index contributed by atoms with van der Waals surface area (Å²) in [6.07, 6.45) is 0. The number of carbonyl (C=O) groups excluding carboxylic acids is 1. The van der Waals surface area contributed by atoms with Crippen molar-refractivity contribution in [2.75, 3.05) is 0 Å². The van der Waals surface area contributed by atoms with Gasteiger partial charge in [-0.15, -0.1) is 0 Å². The van der Waals surface area contributed by atoms with Gasteiger partial charge in [-0.2, -0.15) is 0 Å². The van der Waals surface area contributed by atoms with Crippen LogP contribution in [0.3, 0.4) is 0 Å². The first-order valence-electron chi connectivity index (χ1n) is 5.78. The topological polar surface area (TPSA) is 53.5 Å². The molecule has 1 aromatic carbocycles. The molecule has 2 rings (SSSR count). The lowest BCUT2D eigenvalue weighted by molar-refractivity contribution is -0.120. The number of carbonyl (C=O) groups is 1. The first kappa shape index (κ1) is 11.6. The van der Waals surface area contributed by atoms with E-state index in [-0.39, 0.29) is 11.9 Å². The standard InChI is InChI=1S/C13H17N3O/c1-8(2)14-13-15-11(12(17)16-13)10-7-5-4-6-9(10)3/h4-8,11H,1-3H3,(H2,14,15,16,17). The maximum absolute atomic E-state index is 11.9. The fourth-order valence-corrected chi connectivity index (χ4v) is 1.86. The van der Waals surface area contributed by atoms with E-state index in [4.69, 9.17) is 0 Å². The van der Waals surface area contributed by atoms with Crippen LogP contribution in [0.4, 0.5) is 0 Å². The predicted octanol–water partition coefficient (Wildman–Crippen LogP) is 1.52. The molecule has 0 bridgehead atoms. The molecule has 0 radical (unpaired) electrons. The van der Waals surface area contributed by atoms with E-state index >= 15 is 0 Å². The van der Waals surface area contributed by atoms with Crippen molar-refractivity contribution in [3.05, 3.63) is 35.4 Å². The van der Waals surface area contributed by atoms with Gasteiger partial charge in [-0.3, -0.25) is 10.1 Å². The summed E-state index contributed by atoms with van der Waals surface area (Å²) in [5.74, 6) is 0.501. The molecule has 0 saturated carbocycles. The predicted molar refractivity (Wildman–Crippen MR) is 67.8 cm³/mol. The maximum atomic E-state index is 11.9. The van der Waals surface area contributed by atoms with E-state index in [1.807, 2.05) is 45.0 Å². The average Bonchev–Trinajstić information content (AvgIpc) is 2.59. The van der Waals surface area contributed by atoms with Gasteiger partial charge in [0.15, 0.2) is 12.0 Å². The van der Waals surface area contributed by atoms with Crippen molar-refractivity contribution in [2.45, 2.75) is 32.9 Å². The molecule has 0 fully saturated rings. The first-order valence-corrected chi connectivity index (χ1v) is 5.78. The van der Waals surface area contributed by atoms with Crippen LogP contribution in [0, 0.1) is 6.92 Å². The molecule has 1 aliphatic rings. The summed E-state index contributed by atoms with van der Waals surface area (Å²) in [5, 5.41) is 5.87. The van der Waals surface area contributed by atoms with E-state index in [2.05, 4.69) is 15.6 Å². The van der Waals surface area contributed by atoms with Crippen LogP contribution in [0.1, 0.15) is 31.0 Å². The summed E-state index contributed by atoms with van der Waals surface area (Å²) in [6.45, 7) is 6.01. The third kappa shape index (κ3) is 2.46. The zero-order chi connectivity index (χ0) is 12.4. The monoisotopic (exact) mass is 231 g/mol. The molecule has 1 amide bonds. The summed E-state index contributed by atoms with van der Waals surface area (Å²) in [4.78, 5) is 16.2. The molecule has 4 nitrogen and oxygen atoms in total. The largest absolute Gasteiger partial charge is 0.354 e. The minimum Gasteiger partial charge on any atom is -0.354 e. The smallest absolute Gasteiger partial charge is 0.256 e. The number of aliphatic imine (C=N–C) groups is 1. The Morgan fingerprint density at radius 3 is 2.71 bits per heavy atom. The van der Waals surface area contributed by atoms with E-state index in [0.29, 0.717) is 5.96 Å². The van der Waals surface area contributed by atoms with Gasteiger partial charge in [0.25, 0.3) is 5.91 Å². The van der Waals surface area contributed by atoms with Gasteiger partial charge < -0.3 is 5.32 Å². The Hall–Kier alpha value is -1.84. The Bertz CT molecular complexity index is 465. The van der Waals surface area contributed by atoms with E-state index in [9.17, 15) is 4.79 Å². The highest BCUT2D eigenvalue weighted by molar-refractivity contribution is 6.05. The van der Waals surface area contributed by atoms with E-state index in [1.54, 1.807) is 0 Å². The van der Waals surface area contributed by atoms with Crippen LogP contribution in [0.2, 0.25) is 0 Å². The van der Waals surface area contributed by atoms with Crippen LogP contribution in [0.25, 0.3) is 0 Å². The molecule has 1 heterocycles. The van der Waals surface area contributed by atoms with Crippen LogP contribution >= 0.6 is 0 Å². The molecule has 2 N–H and O–H groups in total. The highest BCUT2D eigenvalue weighted by Gasteiger charge is 2.28. The zero-order valence-electron chi connectivity index (χ0n) is 10.3. The van der Waals surface area contributed by atoms with Crippen molar-refractivity contribution in [2.24, 2.45) is 4.99 Å². The Kier molecular flexibility index (Phi) is 3.13. The molecule has 90 valence electrons. The number of benzene rings is 1. The van der Waals surface area contributed by atoms with Crippen molar-refractivity contribution in [1.29, 1.82) is 0 Å². The molecular weight excluding hydrogens is 214 g/mol. The summed E-state index contributed by atoms with van der Waals surface area (Å²) in [6, 6.07) is 7.66. The fraction of sp³-hybridized carbons (Fsp3) is 0.385. The van der Waals surface area contributed by atoms with Crippen LogP contribution in [0.5, 0.6) is 0 Å². The number of amides is 1. The molecule has 0 spiro atoms. The van der Waals surface area contributed by atoms with Crippen molar-refractivity contribution < 1.29 is 4.79 Å². The number of rotatable bonds is 2. The summed E-state index contributed by atoms with van der Waals surface area (Å²) < 4.78 is 0. The number of nitrogens with one attached hydrogen (secondary N) is 2. The number of hydrogen-bond donors (Lipinski definition) is 2. The van der Waals surface area contributed by atoms with Crippen molar-refractivity contribution in [3.8, 4) is 0 Å². The molecule has 17 heavy (non-hydrogen) atoms. The number of nitrogens with zero attached hydrogens (tertiary/aromatic N) is 1. The Morgan fingerprint density at radius 1 is 1.35 bits per heavy atom. The van der Waals surface area contributed by atoms with Gasteiger partial charge in [-0.25, -0.2) is 4.99 Å². The van der Waals surface area contributed by atoms with E-state index < -0.39 is 6.04 Å². The van der Waals surface area contributed by atoms with Crippen molar-refractivity contribution in [1.82, 2.24) is 10.6 Å². The molecule has 1 aliphatic heterocycles. The molecule has 1 unspecified atom stereocenters. The molecule has 0 aromatic heterocycles. The van der Waals surface area contributed by atoms with Gasteiger partial charge in [-0.1, -0.05) is 24.3 Å². The van der Waals surface area contributed by atoms with Crippen molar-refractivity contribution >= 4 is 11.9 Å². The molecule has 4 heteroatoms. The highest BCUT2D eigenvalue weighted by atomic mass is 16.2. The minimum atomic E-state index is -0.419. The number of aryl methyl sites for hydroxylation is 1. The summed E-state index contributed by atoms with van der Waals surface area (Å²) >= 11 is 0. The van der Waals surface area contributed by atoms with Crippen LogP contribution in [0.15, 0.2) is 29.3 Å². The normalized spacial score (nSPS) is 19.2. The molecule has 0 saturated heterocycles. The Balaban J connectivity index is 2.25. The molecular formula is C13H17N3O. The number of hydrogen-bond acceptors (Lipinski definition) is 3. The van der Waals surface area contributed by atoms with Gasteiger partial charge >= 0.3 is 0 Å². The van der Waals surface area contributed by atoms with Crippen LogP contribution in [-0.4, -0.2) is 17.9 Å². The molecule has 1 atom stereocenters. The van der Waals surface area contributed by atoms with Crippen LogP contribution < -0.4 is 10.6 Å². The minimum absolute atomic E-state index is 0.0672. The zero-order valence-corrected chi connectivity index (χ0v) is 10.3. The van der Waals surface area contributed by atoms with Gasteiger partial charge in [0, 0.05) is 6.04 Å². The fourth-order valence-electron chi connectivity index (χ4n) is 1.86. The second-order valence-corrected chi connectivity index (χ2v) is 4.53. The molecule has 1 aromatic rings. The second kappa shape index (κ2) is 4.57. The first-order chi connectivity index (χ1) is 8.08. The average molecular weight is 231 g/mol. The SMILES string of the molecule is Cc1ccccc1C1N=C(NC(C)C)NC1=O. The second-order valence-electron chi connectivity index (χ2n) is 4.53. The third-order valence-electron chi connectivity index (χ3n) is 2.66. The lowest BCUT2D eigenvalue weighted by Gasteiger charge is -2.07. The lowest BCUT2D eigenvalue weighted by atomic mass is 10.0. The van der Waals surface area contributed by atoms with E-state index in [1.165, 1.54) is 0 Å². The summed E-state index contributed by atoms with van der Waals surface area (Å²) in [7, 11) is 0. The van der Waals surface area contributed by atoms with Crippen LogP contribution in [-0.2, 0) is 4.79 Å². The van der Waals surface area contributed by atoms with Gasteiger partial charge in [0.2, 0.25) is 0 Å². The van der Waals surface area contributed by atoms with E-state index in [0.717, 1.165) is 11.1 Å². The Labute approximate surface area is 101 Å². The van der Waals surface area contributed by atoms with Crippen molar-refractivity contribution in [3.63, 3.8) is 0 Å². The van der Waals surface area contributed by atoms with Gasteiger partial charge in [0.1, 0.15) is 0 Å². The number of guanidine groups is 1. The lowest BCUT2D eigenvalue weighted by Crippen LogP contribution is -2.40. The maximum Gasteiger partial charge on any atom is 0.256 e.